The second kappa shape index (κ2) is 10.3. The van der Waals surface area contributed by atoms with E-state index in [0.29, 0.717) is 26.2 Å². The highest BCUT2D eigenvalue weighted by atomic mass is 16.6. The molecule has 1 aromatic carbocycles. The summed E-state index contributed by atoms with van der Waals surface area (Å²) in [6, 6.07) is 8.21. The Balaban J connectivity index is 1.39. The van der Waals surface area contributed by atoms with E-state index in [1.807, 2.05) is 25.1 Å². The number of ether oxygens (including phenoxy) is 2. The maximum absolute atomic E-state index is 12.5. The molecule has 160 valence electrons. The van der Waals surface area contributed by atoms with Gasteiger partial charge >= 0.3 is 6.09 Å². The topological polar surface area (TPSA) is 75.5 Å². The molecule has 2 saturated heterocycles. The number of piperidine rings is 1. The molecule has 2 heterocycles. The zero-order valence-electron chi connectivity index (χ0n) is 17.5. The molecule has 0 unspecified atom stereocenters. The summed E-state index contributed by atoms with van der Waals surface area (Å²) in [5.74, 6) is 0.989. The van der Waals surface area contributed by atoms with Crippen molar-refractivity contribution in [3.05, 3.63) is 24.3 Å². The van der Waals surface area contributed by atoms with Gasteiger partial charge in [-0.1, -0.05) is 12.1 Å². The van der Waals surface area contributed by atoms with E-state index in [1.165, 1.54) is 4.90 Å². The maximum atomic E-state index is 12.5. The van der Waals surface area contributed by atoms with Crippen molar-refractivity contribution in [1.82, 2.24) is 10.2 Å². The van der Waals surface area contributed by atoms with Crippen molar-refractivity contribution in [2.45, 2.75) is 25.8 Å². The fourth-order valence-electron chi connectivity index (χ4n) is 4.06. The van der Waals surface area contributed by atoms with E-state index in [0.717, 1.165) is 50.5 Å². The van der Waals surface area contributed by atoms with Gasteiger partial charge in [0, 0.05) is 19.1 Å². The lowest BCUT2D eigenvalue weighted by Crippen LogP contribution is -3.16. The molecule has 29 heavy (non-hydrogen) atoms. The zero-order valence-corrected chi connectivity index (χ0v) is 17.5. The summed E-state index contributed by atoms with van der Waals surface area (Å²) < 4.78 is 10.5. The molecule has 8 heteroatoms. The zero-order chi connectivity index (χ0) is 20.6. The third kappa shape index (κ3) is 5.76. The molecule has 8 nitrogen and oxygen atoms in total. The number of rotatable bonds is 6. The van der Waals surface area contributed by atoms with Crippen molar-refractivity contribution in [1.29, 1.82) is 0 Å². The molecule has 0 aliphatic carbocycles. The van der Waals surface area contributed by atoms with Crippen molar-refractivity contribution in [3.8, 4) is 5.75 Å². The quantitative estimate of drug-likeness (QED) is 0.704. The second-order valence-corrected chi connectivity index (χ2v) is 7.61. The van der Waals surface area contributed by atoms with Crippen molar-refractivity contribution in [3.63, 3.8) is 0 Å². The highest BCUT2D eigenvalue weighted by molar-refractivity contribution is 5.77. The predicted octanol–water partition coefficient (Wildman–Crippen LogP) is 0.137. The number of likely N-dealkylation sites (tertiary alicyclic amines) is 1. The van der Waals surface area contributed by atoms with Gasteiger partial charge in [-0.15, -0.1) is 0 Å². The molecule has 2 aliphatic rings. The van der Waals surface area contributed by atoms with Crippen LogP contribution in [0.3, 0.4) is 0 Å². The SMILES string of the molecule is CCOC(=O)N1CCC(NC(=O)C[NH+]2CCN(c3ccccc3OC)CC2)CC1. The van der Waals surface area contributed by atoms with Crippen LogP contribution in [0.1, 0.15) is 19.8 Å². The van der Waals surface area contributed by atoms with E-state index >= 15 is 0 Å². The van der Waals surface area contributed by atoms with Gasteiger partial charge in [-0.25, -0.2) is 4.79 Å². The highest BCUT2D eigenvalue weighted by Gasteiger charge is 2.27. The standard InChI is InChI=1S/C21H32N4O4/c1-3-29-21(27)25-10-8-17(9-11-25)22-20(26)16-23-12-14-24(15-13-23)18-6-4-5-7-19(18)28-2/h4-7,17H,3,8-16H2,1-2H3,(H,22,26)/p+1. The molecule has 1 aromatic rings. The van der Waals surface area contributed by atoms with Crippen LogP contribution in [0.15, 0.2) is 24.3 Å². The van der Waals surface area contributed by atoms with Gasteiger partial charge in [0.1, 0.15) is 5.75 Å². The molecule has 3 rings (SSSR count). The van der Waals surface area contributed by atoms with E-state index in [2.05, 4.69) is 16.3 Å². The summed E-state index contributed by atoms with van der Waals surface area (Å²) in [5, 5.41) is 3.15. The van der Waals surface area contributed by atoms with Crippen molar-refractivity contribution in [2.24, 2.45) is 0 Å². The van der Waals surface area contributed by atoms with Gasteiger partial charge in [-0.3, -0.25) is 4.79 Å². The fraction of sp³-hybridized carbons (Fsp3) is 0.619. The van der Waals surface area contributed by atoms with Gasteiger partial charge in [0.25, 0.3) is 5.91 Å². The Morgan fingerprint density at radius 3 is 2.48 bits per heavy atom. The van der Waals surface area contributed by atoms with Crippen LogP contribution in [0.5, 0.6) is 5.75 Å². The second-order valence-electron chi connectivity index (χ2n) is 7.61. The van der Waals surface area contributed by atoms with E-state index in [9.17, 15) is 9.59 Å². The summed E-state index contributed by atoms with van der Waals surface area (Å²) >= 11 is 0. The number of para-hydroxylation sites is 2. The van der Waals surface area contributed by atoms with Crippen molar-refractivity contribution < 1.29 is 24.0 Å². The average molecular weight is 406 g/mol. The Hall–Kier alpha value is -2.48. The summed E-state index contributed by atoms with van der Waals surface area (Å²) in [5.41, 5.74) is 1.12. The Bertz CT molecular complexity index is 683. The minimum atomic E-state index is -0.255. The number of carbonyl (C=O) groups is 2. The first kappa shape index (κ1) is 21.2. The predicted molar refractivity (Wildman–Crippen MR) is 111 cm³/mol. The van der Waals surface area contributed by atoms with Crippen LogP contribution >= 0.6 is 0 Å². The number of quaternary nitrogens is 1. The van der Waals surface area contributed by atoms with Gasteiger partial charge in [0.05, 0.1) is 45.6 Å². The molecule has 0 spiro atoms. The first-order chi connectivity index (χ1) is 14.1. The Labute approximate surface area is 172 Å². The van der Waals surface area contributed by atoms with Crippen molar-refractivity contribution >= 4 is 17.7 Å². The van der Waals surface area contributed by atoms with Crippen LogP contribution in [0, 0.1) is 0 Å². The van der Waals surface area contributed by atoms with Gasteiger partial charge in [-0.2, -0.15) is 0 Å². The van der Waals surface area contributed by atoms with Gasteiger partial charge in [0.15, 0.2) is 6.54 Å². The van der Waals surface area contributed by atoms with E-state index in [-0.39, 0.29) is 18.0 Å². The molecule has 0 radical (unpaired) electrons. The van der Waals surface area contributed by atoms with Gasteiger partial charge in [-0.05, 0) is 31.9 Å². The maximum Gasteiger partial charge on any atom is 0.409 e. The molecular weight excluding hydrogens is 372 g/mol. The van der Waals surface area contributed by atoms with Gasteiger partial charge < -0.3 is 29.5 Å². The summed E-state index contributed by atoms with van der Waals surface area (Å²) in [7, 11) is 1.70. The van der Waals surface area contributed by atoms with E-state index < -0.39 is 0 Å². The fourth-order valence-corrected chi connectivity index (χ4v) is 4.06. The minimum Gasteiger partial charge on any atom is -0.495 e. The number of nitrogens with zero attached hydrogens (tertiary/aromatic N) is 2. The van der Waals surface area contributed by atoms with Crippen LogP contribution in [0.2, 0.25) is 0 Å². The van der Waals surface area contributed by atoms with E-state index in [1.54, 1.807) is 12.0 Å². The number of hydrogen-bond acceptors (Lipinski definition) is 5. The third-order valence-corrected chi connectivity index (χ3v) is 5.69. The highest BCUT2D eigenvalue weighted by Crippen LogP contribution is 2.27. The number of amides is 2. The number of hydrogen-bond donors (Lipinski definition) is 2. The van der Waals surface area contributed by atoms with Crippen LogP contribution in [-0.2, 0) is 9.53 Å². The first-order valence-corrected chi connectivity index (χ1v) is 10.5. The molecule has 0 atom stereocenters. The van der Waals surface area contributed by atoms with Crippen LogP contribution in [0.25, 0.3) is 0 Å². The number of anilines is 1. The number of benzene rings is 1. The average Bonchev–Trinajstić information content (AvgIpc) is 2.75. The molecule has 0 saturated carbocycles. The normalized spacial score (nSPS) is 18.4. The lowest BCUT2D eigenvalue weighted by Gasteiger charge is -2.35. The summed E-state index contributed by atoms with van der Waals surface area (Å²) in [6.45, 7) is 7.62. The van der Waals surface area contributed by atoms with Crippen LogP contribution in [-0.4, -0.2) is 82.5 Å². The largest absolute Gasteiger partial charge is 0.495 e. The number of methoxy groups -OCH3 is 1. The smallest absolute Gasteiger partial charge is 0.409 e. The molecule has 2 N–H and O–H groups in total. The first-order valence-electron chi connectivity index (χ1n) is 10.5. The van der Waals surface area contributed by atoms with Crippen molar-refractivity contribution in [2.75, 3.05) is 64.4 Å². The lowest BCUT2D eigenvalue weighted by molar-refractivity contribution is -0.892. The lowest BCUT2D eigenvalue weighted by atomic mass is 10.1. The molecule has 2 fully saturated rings. The molecule has 0 bridgehead atoms. The molecule has 0 aromatic heterocycles. The van der Waals surface area contributed by atoms with E-state index in [4.69, 9.17) is 9.47 Å². The molecular formula is C21H33N4O4+. The Kier molecular flexibility index (Phi) is 7.57. The number of piperazine rings is 1. The van der Waals surface area contributed by atoms with Crippen LogP contribution in [0.4, 0.5) is 10.5 Å². The monoisotopic (exact) mass is 405 g/mol. The molecule has 2 amide bonds. The number of carbonyl (C=O) groups excluding carboxylic acids is 2. The Morgan fingerprint density at radius 2 is 1.83 bits per heavy atom. The van der Waals surface area contributed by atoms with Crippen LogP contribution < -0.4 is 19.9 Å². The molecule has 2 aliphatic heterocycles. The van der Waals surface area contributed by atoms with Gasteiger partial charge in [0.2, 0.25) is 0 Å². The Morgan fingerprint density at radius 1 is 1.14 bits per heavy atom. The summed E-state index contributed by atoms with van der Waals surface area (Å²) in [6.07, 6.45) is 1.30. The number of nitrogens with one attached hydrogen (secondary N) is 2. The third-order valence-electron chi connectivity index (χ3n) is 5.69. The minimum absolute atomic E-state index is 0.0975. The summed E-state index contributed by atoms with van der Waals surface area (Å²) in [4.78, 5) is 29.6.